The second-order valence-corrected chi connectivity index (χ2v) is 4.02. The molecule has 0 bridgehead atoms. The van der Waals surface area contributed by atoms with Crippen molar-refractivity contribution in [2.45, 2.75) is 20.3 Å². The van der Waals surface area contributed by atoms with E-state index in [4.69, 9.17) is 0 Å². The van der Waals surface area contributed by atoms with Crippen LogP contribution in [0.2, 0.25) is 0 Å². The van der Waals surface area contributed by atoms with Gasteiger partial charge in [-0.2, -0.15) is 0 Å². The Morgan fingerprint density at radius 2 is 1.69 bits per heavy atom. The Morgan fingerprint density at radius 3 is 2.31 bits per heavy atom. The molecule has 0 aliphatic carbocycles. The lowest BCUT2D eigenvalue weighted by atomic mass is 9.97. The van der Waals surface area contributed by atoms with Crippen LogP contribution in [0.15, 0.2) is 42.5 Å². The van der Waals surface area contributed by atoms with Crippen LogP contribution in [-0.2, 0) is 6.42 Å². The van der Waals surface area contributed by atoms with Crippen molar-refractivity contribution in [3.8, 4) is 11.1 Å². The topological polar surface area (TPSA) is 0 Å². The van der Waals surface area contributed by atoms with Gasteiger partial charge in [0.25, 0.3) is 0 Å². The molecule has 2 aromatic carbocycles. The fourth-order valence-corrected chi connectivity index (χ4v) is 1.87. The van der Waals surface area contributed by atoms with Crippen molar-refractivity contribution < 1.29 is 4.39 Å². The summed E-state index contributed by atoms with van der Waals surface area (Å²) in [5, 5.41) is 0. The molecule has 0 atom stereocenters. The van der Waals surface area contributed by atoms with Gasteiger partial charge in [0.05, 0.1) is 0 Å². The lowest BCUT2D eigenvalue weighted by Gasteiger charge is -2.08. The summed E-state index contributed by atoms with van der Waals surface area (Å²) < 4.78 is 13.1. The van der Waals surface area contributed by atoms with Crippen LogP contribution in [0, 0.1) is 12.7 Å². The number of aryl methyl sites for hydroxylation is 2. The van der Waals surface area contributed by atoms with Crippen molar-refractivity contribution in [2.24, 2.45) is 0 Å². The lowest BCUT2D eigenvalue weighted by Crippen LogP contribution is -1.89. The summed E-state index contributed by atoms with van der Waals surface area (Å²) in [4.78, 5) is 0. The van der Waals surface area contributed by atoms with Crippen LogP contribution in [0.25, 0.3) is 11.1 Å². The molecule has 0 aromatic heterocycles. The van der Waals surface area contributed by atoms with Gasteiger partial charge >= 0.3 is 0 Å². The van der Waals surface area contributed by atoms with Crippen LogP contribution in [0.5, 0.6) is 0 Å². The van der Waals surface area contributed by atoms with Gasteiger partial charge in [0.2, 0.25) is 0 Å². The van der Waals surface area contributed by atoms with Crippen molar-refractivity contribution in [1.82, 2.24) is 0 Å². The standard InChI is InChI=1S/C15H15F/c1-3-12-10-14(16)8-9-15(12)13-6-4-11(2)5-7-13/h4-10H,3H2,1-2H3. The summed E-state index contributed by atoms with van der Waals surface area (Å²) in [5.41, 5.74) is 4.58. The molecule has 0 saturated carbocycles. The van der Waals surface area contributed by atoms with Gasteiger partial charge in [0, 0.05) is 0 Å². The molecule has 0 spiro atoms. The van der Waals surface area contributed by atoms with E-state index in [0.717, 1.165) is 23.1 Å². The molecule has 0 fully saturated rings. The first-order chi connectivity index (χ1) is 7.70. The molecule has 0 nitrogen and oxygen atoms in total. The van der Waals surface area contributed by atoms with E-state index in [9.17, 15) is 4.39 Å². The van der Waals surface area contributed by atoms with Crippen LogP contribution in [0.3, 0.4) is 0 Å². The van der Waals surface area contributed by atoms with Gasteiger partial charge in [-0.3, -0.25) is 0 Å². The number of hydrogen-bond donors (Lipinski definition) is 0. The summed E-state index contributed by atoms with van der Waals surface area (Å²) in [5.74, 6) is -0.160. The van der Waals surface area contributed by atoms with E-state index < -0.39 is 0 Å². The third kappa shape index (κ3) is 2.13. The summed E-state index contributed by atoms with van der Waals surface area (Å²) in [6.45, 7) is 4.11. The maximum Gasteiger partial charge on any atom is 0.123 e. The van der Waals surface area contributed by atoms with E-state index in [0.29, 0.717) is 0 Å². The molecule has 1 heteroatoms. The Morgan fingerprint density at radius 1 is 1.00 bits per heavy atom. The summed E-state index contributed by atoms with van der Waals surface area (Å²) in [6.07, 6.45) is 0.848. The van der Waals surface area contributed by atoms with Crippen molar-refractivity contribution in [2.75, 3.05) is 0 Å². The molecular formula is C15H15F. The first-order valence-corrected chi connectivity index (χ1v) is 5.56. The summed E-state index contributed by atoms with van der Waals surface area (Å²) >= 11 is 0. The molecule has 0 aliphatic heterocycles. The van der Waals surface area contributed by atoms with Crippen molar-refractivity contribution in [1.29, 1.82) is 0 Å². The second kappa shape index (κ2) is 4.48. The van der Waals surface area contributed by atoms with Crippen molar-refractivity contribution >= 4 is 0 Å². The Labute approximate surface area is 95.7 Å². The summed E-state index contributed by atoms with van der Waals surface area (Å²) in [6, 6.07) is 13.3. The zero-order chi connectivity index (χ0) is 11.5. The minimum absolute atomic E-state index is 0.160. The second-order valence-electron chi connectivity index (χ2n) is 4.02. The number of benzene rings is 2. The van der Waals surface area contributed by atoms with E-state index in [1.165, 1.54) is 11.6 Å². The van der Waals surface area contributed by atoms with Crippen molar-refractivity contribution in [3.05, 3.63) is 59.4 Å². The molecule has 0 radical (unpaired) electrons. The fraction of sp³-hybridized carbons (Fsp3) is 0.200. The van der Waals surface area contributed by atoms with Gasteiger partial charge < -0.3 is 0 Å². The molecular weight excluding hydrogens is 199 g/mol. The summed E-state index contributed by atoms with van der Waals surface area (Å²) in [7, 11) is 0. The van der Waals surface area contributed by atoms with Gasteiger partial charge in [-0.15, -0.1) is 0 Å². The highest BCUT2D eigenvalue weighted by atomic mass is 19.1. The zero-order valence-electron chi connectivity index (χ0n) is 9.63. The van der Waals surface area contributed by atoms with Crippen LogP contribution >= 0.6 is 0 Å². The maximum absolute atomic E-state index is 13.1. The van der Waals surface area contributed by atoms with Gasteiger partial charge in [0.1, 0.15) is 5.82 Å². The molecule has 2 aromatic rings. The van der Waals surface area contributed by atoms with E-state index in [-0.39, 0.29) is 5.82 Å². The van der Waals surface area contributed by atoms with E-state index >= 15 is 0 Å². The molecule has 0 unspecified atom stereocenters. The highest BCUT2D eigenvalue weighted by Gasteiger charge is 2.04. The molecule has 0 N–H and O–H groups in total. The molecule has 16 heavy (non-hydrogen) atoms. The predicted molar refractivity (Wildman–Crippen MR) is 66.0 cm³/mol. The average Bonchev–Trinajstić information content (AvgIpc) is 2.30. The Balaban J connectivity index is 2.51. The van der Waals surface area contributed by atoms with Crippen LogP contribution in [-0.4, -0.2) is 0 Å². The van der Waals surface area contributed by atoms with Gasteiger partial charge in [0.15, 0.2) is 0 Å². The Bertz CT molecular complexity index is 483. The maximum atomic E-state index is 13.1. The lowest BCUT2D eigenvalue weighted by molar-refractivity contribution is 0.626. The number of rotatable bonds is 2. The van der Waals surface area contributed by atoms with E-state index in [1.807, 2.05) is 13.0 Å². The smallest absolute Gasteiger partial charge is 0.123 e. The third-order valence-corrected chi connectivity index (χ3v) is 2.81. The predicted octanol–water partition coefficient (Wildman–Crippen LogP) is 4.36. The molecule has 82 valence electrons. The van der Waals surface area contributed by atoms with Crippen LogP contribution in [0.4, 0.5) is 4.39 Å². The first-order valence-electron chi connectivity index (χ1n) is 5.56. The van der Waals surface area contributed by atoms with Gasteiger partial charge in [-0.05, 0) is 42.2 Å². The molecule has 0 saturated heterocycles. The highest BCUT2D eigenvalue weighted by molar-refractivity contribution is 5.67. The van der Waals surface area contributed by atoms with Crippen molar-refractivity contribution in [3.63, 3.8) is 0 Å². The normalized spacial score (nSPS) is 10.4. The molecule has 0 aliphatic rings. The third-order valence-electron chi connectivity index (χ3n) is 2.81. The van der Waals surface area contributed by atoms with E-state index in [1.54, 1.807) is 6.07 Å². The van der Waals surface area contributed by atoms with E-state index in [2.05, 4.69) is 31.2 Å². The Kier molecular flexibility index (Phi) is 3.04. The molecule has 0 amide bonds. The quantitative estimate of drug-likeness (QED) is 0.696. The molecule has 2 rings (SSSR count). The Hall–Kier alpha value is -1.63. The SMILES string of the molecule is CCc1cc(F)ccc1-c1ccc(C)cc1. The largest absolute Gasteiger partial charge is 0.207 e. The zero-order valence-corrected chi connectivity index (χ0v) is 9.63. The minimum atomic E-state index is -0.160. The highest BCUT2D eigenvalue weighted by Crippen LogP contribution is 2.25. The monoisotopic (exact) mass is 214 g/mol. The fourth-order valence-electron chi connectivity index (χ4n) is 1.87. The number of hydrogen-bond acceptors (Lipinski definition) is 0. The minimum Gasteiger partial charge on any atom is -0.207 e. The van der Waals surface area contributed by atoms with Gasteiger partial charge in [-0.1, -0.05) is 42.8 Å². The molecule has 0 heterocycles. The van der Waals surface area contributed by atoms with Crippen LogP contribution < -0.4 is 0 Å². The van der Waals surface area contributed by atoms with Crippen LogP contribution in [0.1, 0.15) is 18.1 Å². The number of halogens is 1. The van der Waals surface area contributed by atoms with Gasteiger partial charge in [-0.25, -0.2) is 4.39 Å². The average molecular weight is 214 g/mol. The first kappa shape index (κ1) is 10.9.